The van der Waals surface area contributed by atoms with Gasteiger partial charge in [0.15, 0.2) is 11.2 Å². The molecule has 0 aliphatic rings. The monoisotopic (exact) mass is 323 g/mol. The fourth-order valence-electron chi connectivity index (χ4n) is 2.36. The van der Waals surface area contributed by atoms with E-state index in [1.807, 2.05) is 19.1 Å². The van der Waals surface area contributed by atoms with Crippen molar-refractivity contribution in [3.63, 3.8) is 0 Å². The van der Waals surface area contributed by atoms with Crippen LogP contribution in [0.4, 0.5) is 5.95 Å². The van der Waals surface area contributed by atoms with Crippen molar-refractivity contribution in [3.05, 3.63) is 36.5 Å². The number of ether oxygens (including phenoxy) is 1. The molecule has 0 fully saturated rings. The van der Waals surface area contributed by atoms with Crippen molar-refractivity contribution in [2.45, 2.75) is 6.92 Å². The Morgan fingerprint density at radius 3 is 2.87 bits per heavy atom. The lowest BCUT2D eigenvalue weighted by Crippen LogP contribution is -2.03. The zero-order valence-electron chi connectivity index (χ0n) is 12.4. The van der Waals surface area contributed by atoms with Crippen molar-refractivity contribution >= 4 is 38.5 Å². The second-order valence-corrected chi connectivity index (χ2v) is 5.98. The van der Waals surface area contributed by atoms with Gasteiger partial charge in [0.1, 0.15) is 0 Å². The fraction of sp³-hybridized carbons (Fsp3) is 0.125. The maximum Gasteiger partial charge on any atom is 0.247 e. The van der Waals surface area contributed by atoms with Gasteiger partial charge in [0.2, 0.25) is 11.8 Å². The molecule has 2 N–H and O–H groups in total. The second kappa shape index (κ2) is 5.44. The molecule has 0 atom stereocenters. The van der Waals surface area contributed by atoms with E-state index in [1.54, 1.807) is 17.5 Å². The molecule has 6 nitrogen and oxygen atoms in total. The molecule has 0 spiro atoms. The maximum atomic E-state index is 5.69. The fourth-order valence-corrected chi connectivity index (χ4v) is 3.38. The third-order valence-corrected chi connectivity index (χ3v) is 4.49. The Bertz CT molecular complexity index is 981. The zero-order chi connectivity index (χ0) is 15.8. The summed E-state index contributed by atoms with van der Waals surface area (Å²) in [5.74, 6) is 0.496. The first-order chi connectivity index (χ1) is 11.2. The molecule has 0 saturated heterocycles. The SMILES string of the molecule is CCOc1nc(N)nc2ncc(-c3cc4ccccc4s3)nc12. The summed E-state index contributed by atoms with van der Waals surface area (Å²) in [6, 6.07) is 10.3. The van der Waals surface area contributed by atoms with E-state index < -0.39 is 0 Å². The number of benzene rings is 1. The van der Waals surface area contributed by atoms with Gasteiger partial charge in [0.05, 0.1) is 23.4 Å². The minimum atomic E-state index is 0.130. The number of hydrogen-bond acceptors (Lipinski definition) is 7. The summed E-state index contributed by atoms with van der Waals surface area (Å²) in [7, 11) is 0. The number of hydrogen-bond donors (Lipinski definition) is 1. The lowest BCUT2D eigenvalue weighted by atomic mass is 10.2. The van der Waals surface area contributed by atoms with Gasteiger partial charge in [-0.1, -0.05) is 18.2 Å². The lowest BCUT2D eigenvalue weighted by molar-refractivity contribution is 0.330. The number of thiophene rings is 1. The van der Waals surface area contributed by atoms with Crippen LogP contribution in [0.1, 0.15) is 6.92 Å². The number of nitrogen functional groups attached to an aromatic ring is 1. The first-order valence-electron chi connectivity index (χ1n) is 7.16. The highest BCUT2D eigenvalue weighted by Gasteiger charge is 2.13. The van der Waals surface area contributed by atoms with Crippen LogP contribution in [-0.2, 0) is 0 Å². The molecule has 0 bridgehead atoms. The van der Waals surface area contributed by atoms with E-state index in [0.29, 0.717) is 23.7 Å². The van der Waals surface area contributed by atoms with E-state index >= 15 is 0 Å². The molecule has 0 radical (unpaired) electrons. The van der Waals surface area contributed by atoms with Crippen LogP contribution in [0.15, 0.2) is 36.5 Å². The van der Waals surface area contributed by atoms with Crippen molar-refractivity contribution in [2.24, 2.45) is 0 Å². The molecule has 3 heterocycles. The molecule has 114 valence electrons. The van der Waals surface area contributed by atoms with Crippen LogP contribution in [0, 0.1) is 0 Å². The molecule has 0 amide bonds. The second-order valence-electron chi connectivity index (χ2n) is 4.90. The molecule has 1 aromatic carbocycles. The normalized spacial score (nSPS) is 11.2. The molecule has 0 aliphatic heterocycles. The Kier molecular flexibility index (Phi) is 3.27. The van der Waals surface area contributed by atoms with Gasteiger partial charge in [0, 0.05) is 4.70 Å². The first-order valence-corrected chi connectivity index (χ1v) is 7.98. The summed E-state index contributed by atoms with van der Waals surface area (Å²) in [4.78, 5) is 18.3. The molecule has 23 heavy (non-hydrogen) atoms. The smallest absolute Gasteiger partial charge is 0.247 e. The largest absolute Gasteiger partial charge is 0.476 e. The Labute approximate surface area is 136 Å². The quantitative estimate of drug-likeness (QED) is 0.622. The van der Waals surface area contributed by atoms with Gasteiger partial charge < -0.3 is 10.5 Å². The van der Waals surface area contributed by atoms with Crippen LogP contribution < -0.4 is 10.5 Å². The van der Waals surface area contributed by atoms with E-state index in [9.17, 15) is 0 Å². The maximum absolute atomic E-state index is 5.69. The van der Waals surface area contributed by atoms with Crippen LogP contribution in [-0.4, -0.2) is 26.5 Å². The average molecular weight is 323 g/mol. The van der Waals surface area contributed by atoms with Crippen molar-refractivity contribution in [3.8, 4) is 16.5 Å². The molecule has 0 saturated carbocycles. The van der Waals surface area contributed by atoms with Crippen LogP contribution >= 0.6 is 11.3 Å². The minimum Gasteiger partial charge on any atom is -0.476 e. The predicted octanol–water partition coefficient (Wildman–Crippen LogP) is 3.28. The average Bonchev–Trinajstić information content (AvgIpc) is 2.99. The van der Waals surface area contributed by atoms with E-state index in [4.69, 9.17) is 10.5 Å². The molecule has 7 heteroatoms. The zero-order valence-corrected chi connectivity index (χ0v) is 13.2. The number of rotatable bonds is 3. The number of anilines is 1. The van der Waals surface area contributed by atoms with Gasteiger partial charge in [-0.3, -0.25) is 0 Å². The summed E-state index contributed by atoms with van der Waals surface area (Å²) in [6.07, 6.45) is 1.70. The number of nitrogens with two attached hydrogens (primary N) is 1. The van der Waals surface area contributed by atoms with Gasteiger partial charge in [-0.15, -0.1) is 11.3 Å². The minimum absolute atomic E-state index is 0.130. The third kappa shape index (κ3) is 2.44. The summed E-state index contributed by atoms with van der Waals surface area (Å²) in [5, 5.41) is 1.19. The molecule has 0 unspecified atom stereocenters. The van der Waals surface area contributed by atoms with Gasteiger partial charge in [0.25, 0.3) is 0 Å². The first kappa shape index (κ1) is 13.8. The summed E-state index contributed by atoms with van der Waals surface area (Å²) < 4.78 is 6.73. The number of fused-ring (bicyclic) bond motifs is 2. The molecule has 4 aromatic rings. The Hall–Kier alpha value is -2.80. The highest BCUT2D eigenvalue weighted by atomic mass is 32.1. The molecular weight excluding hydrogens is 310 g/mol. The highest BCUT2D eigenvalue weighted by molar-refractivity contribution is 7.22. The summed E-state index contributed by atoms with van der Waals surface area (Å²) in [5.41, 5.74) is 7.42. The van der Waals surface area contributed by atoms with Crippen molar-refractivity contribution < 1.29 is 4.74 Å². The van der Waals surface area contributed by atoms with E-state index in [-0.39, 0.29) is 5.95 Å². The van der Waals surface area contributed by atoms with Crippen molar-refractivity contribution in [1.29, 1.82) is 0 Å². The van der Waals surface area contributed by atoms with Gasteiger partial charge in [-0.2, -0.15) is 9.97 Å². The van der Waals surface area contributed by atoms with Crippen LogP contribution in [0.5, 0.6) is 5.88 Å². The summed E-state index contributed by atoms with van der Waals surface area (Å²) in [6.45, 7) is 2.35. The molecular formula is C16H13N5OS. The van der Waals surface area contributed by atoms with Crippen molar-refractivity contribution in [2.75, 3.05) is 12.3 Å². The molecule has 0 aliphatic carbocycles. The van der Waals surface area contributed by atoms with Gasteiger partial charge in [-0.25, -0.2) is 9.97 Å². The van der Waals surface area contributed by atoms with Crippen LogP contribution in [0.3, 0.4) is 0 Å². The number of nitrogens with zero attached hydrogens (tertiary/aromatic N) is 4. The highest BCUT2D eigenvalue weighted by Crippen LogP contribution is 2.33. The standard InChI is InChI=1S/C16H13N5OS/c1-2-22-15-13-14(20-16(17)21-15)18-8-10(19-13)12-7-9-5-3-4-6-11(9)23-12/h3-8H,2H2,1H3,(H2,17,18,20,21). The van der Waals surface area contributed by atoms with Gasteiger partial charge in [-0.05, 0) is 24.4 Å². The van der Waals surface area contributed by atoms with Crippen LogP contribution in [0.25, 0.3) is 31.8 Å². The van der Waals surface area contributed by atoms with Gasteiger partial charge >= 0.3 is 0 Å². The topological polar surface area (TPSA) is 86.8 Å². The summed E-state index contributed by atoms with van der Waals surface area (Å²) >= 11 is 1.67. The van der Waals surface area contributed by atoms with E-state index in [1.165, 1.54) is 10.1 Å². The molecule has 4 rings (SSSR count). The Morgan fingerprint density at radius 2 is 2.04 bits per heavy atom. The third-order valence-electron chi connectivity index (χ3n) is 3.35. The number of aromatic nitrogens is 4. The van der Waals surface area contributed by atoms with E-state index in [0.717, 1.165) is 10.6 Å². The van der Waals surface area contributed by atoms with Crippen molar-refractivity contribution in [1.82, 2.24) is 19.9 Å². The Balaban J connectivity index is 1.90. The molecule has 3 aromatic heterocycles. The predicted molar refractivity (Wildman–Crippen MR) is 91.5 cm³/mol. The van der Waals surface area contributed by atoms with Crippen LogP contribution in [0.2, 0.25) is 0 Å². The Morgan fingerprint density at radius 1 is 1.17 bits per heavy atom. The lowest BCUT2D eigenvalue weighted by Gasteiger charge is -2.06. The van der Waals surface area contributed by atoms with E-state index in [2.05, 4.69) is 38.1 Å².